The van der Waals surface area contributed by atoms with Crippen LogP contribution in [0.5, 0.6) is 0 Å². The minimum atomic E-state index is -0.522. The molecule has 22 heavy (non-hydrogen) atoms. The van der Waals surface area contributed by atoms with Crippen LogP contribution in [-0.2, 0) is 24.9 Å². The van der Waals surface area contributed by atoms with Crippen molar-refractivity contribution in [3.63, 3.8) is 0 Å². The van der Waals surface area contributed by atoms with Crippen LogP contribution in [0.15, 0.2) is 26.5 Å². The maximum Gasteiger partial charge on any atom is 0.332 e. The van der Waals surface area contributed by atoms with Crippen molar-refractivity contribution in [2.75, 3.05) is 0 Å². The molecule has 3 heterocycles. The van der Waals surface area contributed by atoms with Crippen molar-refractivity contribution in [2.45, 2.75) is 20.0 Å². The molecule has 0 aliphatic heterocycles. The topological polar surface area (TPSA) is 105 Å². The van der Waals surface area contributed by atoms with Crippen molar-refractivity contribution >= 4 is 17.5 Å². The zero-order chi connectivity index (χ0) is 15.9. The molecule has 0 saturated carbocycles. The summed E-state index contributed by atoms with van der Waals surface area (Å²) in [6.45, 7) is 1.70. The maximum atomic E-state index is 12.6. The van der Waals surface area contributed by atoms with Gasteiger partial charge < -0.3 is 13.9 Å². The molecule has 0 unspecified atom stereocenters. The third kappa shape index (κ3) is 2.07. The largest absolute Gasteiger partial charge is 0.359 e. The molecule has 9 heteroatoms. The van der Waals surface area contributed by atoms with Crippen LogP contribution in [0.25, 0.3) is 11.2 Å². The molecule has 0 aromatic carbocycles. The molecule has 0 atom stereocenters. The predicted octanol–water partition coefficient (Wildman–Crippen LogP) is -0.560. The van der Waals surface area contributed by atoms with Crippen molar-refractivity contribution in [1.29, 1.82) is 0 Å². The third-order valence-corrected chi connectivity index (χ3v) is 3.36. The van der Waals surface area contributed by atoms with Crippen LogP contribution in [0.1, 0.15) is 11.5 Å². The molecule has 0 N–H and O–H groups in total. The summed E-state index contributed by atoms with van der Waals surface area (Å²) in [5.41, 5.74) is 0.0636. The Bertz CT molecular complexity index is 975. The molecular formula is C13H13N5O4. The second kappa shape index (κ2) is 5.10. The van der Waals surface area contributed by atoms with E-state index < -0.39 is 11.2 Å². The van der Waals surface area contributed by atoms with Crippen molar-refractivity contribution in [1.82, 2.24) is 23.8 Å². The van der Waals surface area contributed by atoms with Crippen LogP contribution >= 0.6 is 0 Å². The molecule has 3 aromatic heterocycles. The summed E-state index contributed by atoms with van der Waals surface area (Å²) >= 11 is 0. The van der Waals surface area contributed by atoms with Gasteiger partial charge in [0.2, 0.25) is 0 Å². The second-order valence-corrected chi connectivity index (χ2v) is 4.90. The van der Waals surface area contributed by atoms with E-state index in [1.807, 2.05) is 0 Å². The number of carbonyl (C=O) groups excluding carboxylic acids is 1. The minimum absolute atomic E-state index is 0.00857. The highest BCUT2D eigenvalue weighted by Gasteiger charge is 2.17. The number of fused-ring (bicyclic) bond motifs is 1. The first-order valence-electron chi connectivity index (χ1n) is 6.53. The van der Waals surface area contributed by atoms with Gasteiger partial charge in [0.25, 0.3) is 5.56 Å². The van der Waals surface area contributed by atoms with Crippen LogP contribution < -0.4 is 11.2 Å². The Morgan fingerprint density at radius 1 is 1.36 bits per heavy atom. The molecule has 0 bridgehead atoms. The first kappa shape index (κ1) is 14.0. The van der Waals surface area contributed by atoms with Gasteiger partial charge in [0.05, 0.1) is 25.1 Å². The molecule has 0 aliphatic carbocycles. The summed E-state index contributed by atoms with van der Waals surface area (Å²) in [7, 11) is 1.52. The van der Waals surface area contributed by atoms with E-state index in [1.54, 1.807) is 13.0 Å². The Hall–Kier alpha value is -2.97. The van der Waals surface area contributed by atoms with Crippen LogP contribution in [0, 0.1) is 6.92 Å². The molecule has 114 valence electrons. The lowest BCUT2D eigenvalue weighted by atomic mass is 10.4. The van der Waals surface area contributed by atoms with Crippen molar-refractivity contribution < 1.29 is 9.32 Å². The van der Waals surface area contributed by atoms with E-state index in [4.69, 9.17) is 4.52 Å². The summed E-state index contributed by atoms with van der Waals surface area (Å²) in [5.74, 6) is 0.400. The van der Waals surface area contributed by atoms with Crippen LogP contribution in [-0.4, -0.2) is 30.1 Å². The van der Waals surface area contributed by atoms with E-state index in [2.05, 4.69) is 10.1 Å². The number of aromatic nitrogens is 5. The van der Waals surface area contributed by atoms with Crippen LogP contribution in [0.4, 0.5) is 0 Å². The molecule has 9 nitrogen and oxygen atoms in total. The van der Waals surface area contributed by atoms with Crippen molar-refractivity contribution in [3.8, 4) is 0 Å². The lowest BCUT2D eigenvalue weighted by molar-refractivity contribution is -0.108. The van der Waals surface area contributed by atoms with E-state index in [-0.39, 0.29) is 24.3 Å². The number of nitrogens with zero attached hydrogens (tertiary/aromatic N) is 5. The zero-order valence-electron chi connectivity index (χ0n) is 12.0. The molecular weight excluding hydrogens is 290 g/mol. The van der Waals surface area contributed by atoms with Crippen LogP contribution in [0.2, 0.25) is 0 Å². The van der Waals surface area contributed by atoms with Gasteiger partial charge in [0, 0.05) is 13.1 Å². The van der Waals surface area contributed by atoms with Crippen molar-refractivity contribution in [3.05, 3.63) is 44.7 Å². The number of rotatable bonds is 4. The fourth-order valence-electron chi connectivity index (χ4n) is 2.33. The van der Waals surface area contributed by atoms with Gasteiger partial charge in [-0.05, 0) is 6.92 Å². The molecule has 0 radical (unpaired) electrons. The summed E-state index contributed by atoms with van der Waals surface area (Å²) in [4.78, 5) is 39.6. The Balaban J connectivity index is 2.25. The van der Waals surface area contributed by atoms with Gasteiger partial charge in [-0.15, -0.1) is 0 Å². The molecule has 0 fully saturated rings. The van der Waals surface area contributed by atoms with Gasteiger partial charge in [0.1, 0.15) is 6.29 Å². The Morgan fingerprint density at radius 2 is 2.14 bits per heavy atom. The Labute approximate surface area is 123 Å². The van der Waals surface area contributed by atoms with Gasteiger partial charge in [-0.25, -0.2) is 9.78 Å². The Morgan fingerprint density at radius 3 is 2.77 bits per heavy atom. The average molecular weight is 303 g/mol. The van der Waals surface area contributed by atoms with E-state index in [0.717, 1.165) is 4.57 Å². The van der Waals surface area contributed by atoms with Gasteiger partial charge in [-0.2, -0.15) is 0 Å². The van der Waals surface area contributed by atoms with E-state index in [9.17, 15) is 14.4 Å². The molecule has 0 saturated heterocycles. The maximum absolute atomic E-state index is 12.6. The number of aldehydes is 1. The molecule has 3 aromatic rings. The standard InChI is InChI=1S/C13H13N5O4/c1-8-5-9(22-15-8)6-18-12(20)10-11(16(2)13(18)21)14-7-17(10)3-4-19/h4-5,7H,3,6H2,1-2H3. The number of aryl methyl sites for hydroxylation is 2. The quantitative estimate of drug-likeness (QED) is 0.598. The highest BCUT2D eigenvalue weighted by atomic mass is 16.5. The normalized spacial score (nSPS) is 11.2. The van der Waals surface area contributed by atoms with Gasteiger partial charge in [-0.3, -0.25) is 13.9 Å². The fourth-order valence-corrected chi connectivity index (χ4v) is 2.33. The van der Waals surface area contributed by atoms with Crippen molar-refractivity contribution in [2.24, 2.45) is 7.05 Å². The number of carbonyl (C=O) groups is 1. The number of imidazole rings is 1. The van der Waals surface area contributed by atoms with Gasteiger partial charge >= 0.3 is 5.69 Å². The van der Waals surface area contributed by atoms with E-state index >= 15 is 0 Å². The lowest BCUT2D eigenvalue weighted by Gasteiger charge is -2.07. The highest BCUT2D eigenvalue weighted by molar-refractivity contribution is 5.71. The smallest absolute Gasteiger partial charge is 0.332 e. The Kier molecular flexibility index (Phi) is 3.24. The fraction of sp³-hybridized carbons (Fsp3) is 0.308. The predicted molar refractivity (Wildman–Crippen MR) is 75.6 cm³/mol. The zero-order valence-corrected chi connectivity index (χ0v) is 12.0. The van der Waals surface area contributed by atoms with E-state index in [1.165, 1.54) is 22.5 Å². The van der Waals surface area contributed by atoms with E-state index in [0.29, 0.717) is 17.7 Å². The molecule has 0 aliphatic rings. The molecule has 3 rings (SSSR count). The second-order valence-electron chi connectivity index (χ2n) is 4.90. The summed E-state index contributed by atoms with van der Waals surface area (Å²) in [6.07, 6.45) is 2.03. The summed E-state index contributed by atoms with van der Waals surface area (Å²) < 4.78 is 8.76. The first-order chi connectivity index (χ1) is 10.5. The first-order valence-corrected chi connectivity index (χ1v) is 6.53. The third-order valence-electron chi connectivity index (χ3n) is 3.36. The molecule has 0 amide bonds. The number of hydrogen-bond acceptors (Lipinski definition) is 6. The monoisotopic (exact) mass is 303 g/mol. The SMILES string of the molecule is Cc1cc(Cn2c(=O)c3c(ncn3CC=O)n(C)c2=O)on1. The van der Waals surface area contributed by atoms with Gasteiger partial charge in [-0.1, -0.05) is 5.16 Å². The highest BCUT2D eigenvalue weighted by Crippen LogP contribution is 2.07. The average Bonchev–Trinajstić information content (AvgIpc) is 3.08. The number of hydrogen-bond donors (Lipinski definition) is 0. The molecule has 0 spiro atoms. The summed E-state index contributed by atoms with van der Waals surface area (Å²) in [6, 6.07) is 1.65. The van der Waals surface area contributed by atoms with Crippen LogP contribution in [0.3, 0.4) is 0 Å². The minimum Gasteiger partial charge on any atom is -0.359 e. The lowest BCUT2D eigenvalue weighted by Crippen LogP contribution is -2.39. The summed E-state index contributed by atoms with van der Waals surface area (Å²) in [5, 5.41) is 3.73. The van der Waals surface area contributed by atoms with Gasteiger partial charge in [0.15, 0.2) is 16.9 Å².